The molecule has 0 bridgehead atoms. The van der Waals surface area contributed by atoms with Crippen molar-refractivity contribution in [1.29, 1.82) is 0 Å². The molecule has 0 saturated carbocycles. The van der Waals surface area contributed by atoms with Crippen LogP contribution in [0.1, 0.15) is 24.8 Å². The van der Waals surface area contributed by atoms with Crippen molar-refractivity contribution in [3.63, 3.8) is 0 Å². The maximum absolute atomic E-state index is 12.0. The molecule has 1 aliphatic rings. The number of aryl methyl sites for hydroxylation is 1. The van der Waals surface area contributed by atoms with Gasteiger partial charge in [-0.15, -0.1) is 0 Å². The summed E-state index contributed by atoms with van der Waals surface area (Å²) < 4.78 is 0. The van der Waals surface area contributed by atoms with E-state index in [1.165, 1.54) is 0 Å². The lowest BCUT2D eigenvalue weighted by molar-refractivity contribution is -0.118. The molecule has 1 aromatic carbocycles. The fraction of sp³-hybridized carbons (Fsp3) is 0.462. The van der Waals surface area contributed by atoms with Crippen molar-refractivity contribution in [1.82, 2.24) is 5.32 Å². The number of rotatable bonds is 2. The largest absolute Gasteiger partial charge is 0.508 e. The van der Waals surface area contributed by atoms with Gasteiger partial charge in [0.2, 0.25) is 5.91 Å². The van der Waals surface area contributed by atoms with Crippen molar-refractivity contribution >= 4 is 11.6 Å². The zero-order valence-electron chi connectivity index (χ0n) is 9.99. The monoisotopic (exact) mass is 234 g/mol. The number of phenols is 1. The van der Waals surface area contributed by atoms with Crippen LogP contribution in [-0.4, -0.2) is 23.6 Å². The van der Waals surface area contributed by atoms with Crippen LogP contribution >= 0.6 is 0 Å². The van der Waals surface area contributed by atoms with Gasteiger partial charge >= 0.3 is 0 Å². The third-order valence-corrected chi connectivity index (χ3v) is 3.09. The number of anilines is 1. The van der Waals surface area contributed by atoms with Gasteiger partial charge in [-0.25, -0.2) is 0 Å². The van der Waals surface area contributed by atoms with Crippen LogP contribution in [0.15, 0.2) is 18.2 Å². The molecular weight excluding hydrogens is 216 g/mol. The summed E-state index contributed by atoms with van der Waals surface area (Å²) in [5.41, 5.74) is 1.63. The van der Waals surface area contributed by atoms with Crippen molar-refractivity contribution < 1.29 is 9.90 Å². The molecule has 1 atom stereocenters. The number of carbonyl (C=O) groups is 1. The van der Waals surface area contributed by atoms with E-state index in [1.54, 1.807) is 18.2 Å². The highest BCUT2D eigenvalue weighted by molar-refractivity contribution is 5.95. The Morgan fingerprint density at radius 1 is 1.47 bits per heavy atom. The molecule has 17 heavy (non-hydrogen) atoms. The summed E-state index contributed by atoms with van der Waals surface area (Å²) in [6, 6.07) is 4.86. The predicted octanol–water partition coefficient (Wildman–Crippen LogP) is 1.78. The number of phenolic OH excluding ortho intramolecular Hbond substituents is 1. The van der Waals surface area contributed by atoms with Crippen molar-refractivity contribution in [2.45, 2.75) is 32.2 Å². The van der Waals surface area contributed by atoms with E-state index in [0.717, 1.165) is 37.1 Å². The lowest BCUT2D eigenvalue weighted by Crippen LogP contribution is -2.43. The fourth-order valence-electron chi connectivity index (χ4n) is 2.08. The average molecular weight is 234 g/mol. The van der Waals surface area contributed by atoms with Crippen LogP contribution in [0, 0.1) is 6.92 Å². The molecule has 4 nitrogen and oxygen atoms in total. The summed E-state index contributed by atoms with van der Waals surface area (Å²) in [5.74, 6) is 0.231. The minimum atomic E-state index is -0.0862. The van der Waals surface area contributed by atoms with E-state index in [9.17, 15) is 9.90 Å². The first-order valence-electron chi connectivity index (χ1n) is 6.00. The van der Waals surface area contributed by atoms with Crippen LogP contribution in [0.5, 0.6) is 5.75 Å². The number of benzene rings is 1. The van der Waals surface area contributed by atoms with Gasteiger partial charge < -0.3 is 15.7 Å². The summed E-state index contributed by atoms with van der Waals surface area (Å²) in [4.78, 5) is 12.0. The van der Waals surface area contributed by atoms with E-state index >= 15 is 0 Å². The quantitative estimate of drug-likeness (QED) is 0.684. The molecule has 1 fully saturated rings. The molecule has 92 valence electrons. The maximum Gasteiger partial charge on any atom is 0.241 e. The maximum atomic E-state index is 12.0. The van der Waals surface area contributed by atoms with E-state index in [2.05, 4.69) is 10.6 Å². The molecule has 2 rings (SSSR count). The Hall–Kier alpha value is -1.55. The Balaban J connectivity index is 2.02. The molecule has 3 N–H and O–H groups in total. The fourth-order valence-corrected chi connectivity index (χ4v) is 2.08. The van der Waals surface area contributed by atoms with E-state index < -0.39 is 0 Å². The molecular formula is C13H18N2O2. The first-order valence-corrected chi connectivity index (χ1v) is 6.00. The van der Waals surface area contributed by atoms with Gasteiger partial charge in [-0.2, -0.15) is 0 Å². The summed E-state index contributed by atoms with van der Waals surface area (Å²) in [6.07, 6.45) is 3.13. The number of hydrogen-bond donors (Lipinski definition) is 3. The Bertz CT molecular complexity index is 412. The van der Waals surface area contributed by atoms with Crippen LogP contribution in [0.3, 0.4) is 0 Å². The van der Waals surface area contributed by atoms with Gasteiger partial charge in [0.15, 0.2) is 0 Å². The van der Waals surface area contributed by atoms with Crippen molar-refractivity contribution in [3.05, 3.63) is 23.8 Å². The molecule has 0 spiro atoms. The number of nitrogens with one attached hydrogen (secondary N) is 2. The summed E-state index contributed by atoms with van der Waals surface area (Å²) >= 11 is 0. The van der Waals surface area contributed by atoms with Gasteiger partial charge in [-0.1, -0.05) is 6.42 Å². The molecule has 1 heterocycles. The second-order valence-corrected chi connectivity index (χ2v) is 4.49. The average Bonchev–Trinajstić information content (AvgIpc) is 2.34. The number of hydrogen-bond acceptors (Lipinski definition) is 3. The van der Waals surface area contributed by atoms with Crippen LogP contribution in [-0.2, 0) is 4.79 Å². The van der Waals surface area contributed by atoms with Crippen LogP contribution < -0.4 is 10.6 Å². The van der Waals surface area contributed by atoms with Crippen LogP contribution in [0.2, 0.25) is 0 Å². The topological polar surface area (TPSA) is 61.4 Å². The zero-order chi connectivity index (χ0) is 12.3. The van der Waals surface area contributed by atoms with Crippen molar-refractivity contribution in [2.24, 2.45) is 0 Å². The predicted molar refractivity (Wildman–Crippen MR) is 67.1 cm³/mol. The first kappa shape index (κ1) is 11.9. The smallest absolute Gasteiger partial charge is 0.241 e. The molecule has 0 radical (unpaired) electrons. The molecule has 0 aromatic heterocycles. The van der Waals surface area contributed by atoms with E-state index in [0.29, 0.717) is 0 Å². The first-order chi connectivity index (χ1) is 8.16. The molecule has 1 unspecified atom stereocenters. The lowest BCUT2D eigenvalue weighted by atomic mass is 10.0. The molecule has 1 saturated heterocycles. The summed E-state index contributed by atoms with van der Waals surface area (Å²) in [6.45, 7) is 2.77. The van der Waals surface area contributed by atoms with E-state index in [1.807, 2.05) is 6.92 Å². The Labute approximate surface area is 101 Å². The highest BCUT2D eigenvalue weighted by Crippen LogP contribution is 2.20. The van der Waals surface area contributed by atoms with Gasteiger partial charge in [0.05, 0.1) is 6.04 Å². The summed E-state index contributed by atoms with van der Waals surface area (Å²) in [5, 5.41) is 15.4. The number of carbonyl (C=O) groups excluding carboxylic acids is 1. The second-order valence-electron chi connectivity index (χ2n) is 4.49. The van der Waals surface area contributed by atoms with Crippen LogP contribution in [0.25, 0.3) is 0 Å². The molecule has 1 aromatic rings. The second kappa shape index (κ2) is 5.19. The van der Waals surface area contributed by atoms with E-state index in [-0.39, 0.29) is 17.7 Å². The molecule has 0 aliphatic carbocycles. The number of aromatic hydroxyl groups is 1. The minimum Gasteiger partial charge on any atom is -0.508 e. The Morgan fingerprint density at radius 2 is 2.29 bits per heavy atom. The SMILES string of the molecule is Cc1cc(O)ccc1NC(=O)C1CCCCN1. The Morgan fingerprint density at radius 3 is 2.94 bits per heavy atom. The van der Waals surface area contributed by atoms with E-state index in [4.69, 9.17) is 0 Å². The van der Waals surface area contributed by atoms with Gasteiger partial charge in [-0.05, 0) is 50.1 Å². The van der Waals surface area contributed by atoms with Crippen LogP contribution in [0.4, 0.5) is 5.69 Å². The van der Waals surface area contributed by atoms with Crippen molar-refractivity contribution in [3.8, 4) is 5.75 Å². The highest BCUT2D eigenvalue weighted by Gasteiger charge is 2.20. The summed E-state index contributed by atoms with van der Waals surface area (Å²) in [7, 11) is 0. The standard InChI is InChI=1S/C13H18N2O2/c1-9-8-10(16)5-6-11(9)15-13(17)12-4-2-3-7-14-12/h5-6,8,12,14,16H,2-4,7H2,1H3,(H,15,17). The number of amides is 1. The van der Waals surface area contributed by atoms with Gasteiger partial charge in [-0.3, -0.25) is 4.79 Å². The van der Waals surface area contributed by atoms with Gasteiger partial charge in [0.25, 0.3) is 0 Å². The molecule has 4 heteroatoms. The normalized spacial score (nSPS) is 19.9. The minimum absolute atomic E-state index is 0.0125. The third-order valence-electron chi connectivity index (χ3n) is 3.09. The Kier molecular flexibility index (Phi) is 3.64. The molecule has 1 aliphatic heterocycles. The van der Waals surface area contributed by atoms with Gasteiger partial charge in [0, 0.05) is 5.69 Å². The third kappa shape index (κ3) is 2.97. The number of piperidine rings is 1. The van der Waals surface area contributed by atoms with Gasteiger partial charge in [0.1, 0.15) is 5.75 Å². The highest BCUT2D eigenvalue weighted by atomic mass is 16.3. The zero-order valence-corrected chi connectivity index (χ0v) is 9.99. The molecule has 1 amide bonds. The lowest BCUT2D eigenvalue weighted by Gasteiger charge is -2.22. The van der Waals surface area contributed by atoms with Crippen molar-refractivity contribution in [2.75, 3.05) is 11.9 Å².